The molecule has 12 heavy (non-hydrogen) atoms. The number of hydrogen-bond acceptors (Lipinski definition) is 3. The Labute approximate surface area is 75.7 Å². The van der Waals surface area contributed by atoms with E-state index in [1.54, 1.807) is 0 Å². The summed E-state index contributed by atoms with van der Waals surface area (Å²) >= 11 is 4.92. The normalized spacial score (nSPS) is 25.7. The maximum atomic E-state index is 5.68. The van der Waals surface area contributed by atoms with Crippen molar-refractivity contribution >= 4 is 12.2 Å². The Morgan fingerprint density at radius 3 is 2.67 bits per heavy atom. The van der Waals surface area contributed by atoms with Crippen LogP contribution in [0.1, 0.15) is 32.0 Å². The first-order valence-electron chi connectivity index (χ1n) is 3.95. The van der Waals surface area contributed by atoms with Crippen LogP contribution < -0.4 is 5.84 Å². The molecule has 1 heterocycles. The predicted molar refractivity (Wildman–Crippen MR) is 48.7 cm³/mol. The first-order valence-corrected chi connectivity index (χ1v) is 4.35. The lowest BCUT2D eigenvalue weighted by atomic mass is 10.1. The molecule has 0 saturated heterocycles. The topological polar surface area (TPSA) is 59.6 Å². The molecule has 1 aromatic heterocycles. The molecule has 4 nitrogen and oxygen atoms in total. The van der Waals surface area contributed by atoms with Crippen LogP contribution in [0.5, 0.6) is 0 Å². The van der Waals surface area contributed by atoms with Crippen LogP contribution in [0.15, 0.2) is 0 Å². The quantitative estimate of drug-likeness (QED) is 0.508. The smallest absolute Gasteiger partial charge is 0.214 e. The number of H-pyrrole nitrogens is 1. The van der Waals surface area contributed by atoms with Gasteiger partial charge in [0.05, 0.1) is 0 Å². The lowest BCUT2D eigenvalue weighted by Crippen LogP contribution is -2.13. The van der Waals surface area contributed by atoms with Gasteiger partial charge in [-0.1, -0.05) is 13.8 Å². The molecule has 1 aliphatic carbocycles. The highest BCUT2D eigenvalue weighted by Crippen LogP contribution is 2.57. The molecule has 3 N–H and O–H groups in total. The fourth-order valence-corrected chi connectivity index (χ4v) is 1.61. The molecule has 0 aromatic carbocycles. The molecule has 66 valence electrons. The molecule has 0 spiro atoms. The van der Waals surface area contributed by atoms with Crippen molar-refractivity contribution < 1.29 is 0 Å². The Morgan fingerprint density at radius 1 is 1.75 bits per heavy atom. The third-order valence-corrected chi connectivity index (χ3v) is 2.84. The van der Waals surface area contributed by atoms with Crippen LogP contribution >= 0.6 is 12.2 Å². The average molecular weight is 184 g/mol. The highest BCUT2D eigenvalue weighted by molar-refractivity contribution is 7.71. The second-order valence-electron chi connectivity index (χ2n) is 4.00. The van der Waals surface area contributed by atoms with Gasteiger partial charge in [0, 0.05) is 5.92 Å². The fraction of sp³-hybridized carbons (Fsp3) is 0.714. The van der Waals surface area contributed by atoms with E-state index in [2.05, 4.69) is 24.0 Å². The van der Waals surface area contributed by atoms with Crippen LogP contribution in [0.3, 0.4) is 0 Å². The Hall–Kier alpha value is -0.840. The number of rotatable bonds is 1. The van der Waals surface area contributed by atoms with Crippen molar-refractivity contribution in [1.29, 1.82) is 0 Å². The number of aromatic amines is 1. The zero-order chi connectivity index (χ0) is 8.93. The summed E-state index contributed by atoms with van der Waals surface area (Å²) in [6.07, 6.45) is 1.14. The summed E-state index contributed by atoms with van der Waals surface area (Å²) in [5, 5.41) is 6.78. The fourth-order valence-electron chi connectivity index (χ4n) is 1.47. The number of nitrogen functional groups attached to an aromatic ring is 1. The van der Waals surface area contributed by atoms with Gasteiger partial charge in [0.2, 0.25) is 4.77 Å². The second kappa shape index (κ2) is 2.10. The summed E-state index contributed by atoms with van der Waals surface area (Å²) in [4.78, 5) is 0. The summed E-state index contributed by atoms with van der Waals surface area (Å²) in [5.41, 5.74) is 0.345. The molecule has 0 amide bonds. The van der Waals surface area contributed by atoms with E-state index in [0.29, 0.717) is 16.1 Å². The Morgan fingerprint density at radius 2 is 2.33 bits per heavy atom. The molecular weight excluding hydrogens is 172 g/mol. The van der Waals surface area contributed by atoms with Crippen molar-refractivity contribution in [2.75, 3.05) is 5.84 Å². The van der Waals surface area contributed by atoms with Crippen molar-refractivity contribution in [3.8, 4) is 0 Å². The molecule has 1 saturated carbocycles. The maximum absolute atomic E-state index is 5.68. The monoisotopic (exact) mass is 184 g/mol. The van der Waals surface area contributed by atoms with E-state index in [9.17, 15) is 0 Å². The van der Waals surface area contributed by atoms with Crippen LogP contribution in [0.25, 0.3) is 0 Å². The Bertz CT molecular complexity index is 362. The van der Waals surface area contributed by atoms with Crippen molar-refractivity contribution in [2.45, 2.75) is 26.2 Å². The number of aromatic nitrogens is 3. The Balaban J connectivity index is 2.37. The third-order valence-electron chi connectivity index (χ3n) is 2.56. The Kier molecular flexibility index (Phi) is 1.36. The van der Waals surface area contributed by atoms with Gasteiger partial charge < -0.3 is 5.84 Å². The number of nitrogens with one attached hydrogen (secondary N) is 1. The minimum absolute atomic E-state index is 0.345. The molecule has 1 aliphatic rings. The van der Waals surface area contributed by atoms with E-state index >= 15 is 0 Å². The van der Waals surface area contributed by atoms with Crippen LogP contribution in [-0.4, -0.2) is 14.9 Å². The van der Waals surface area contributed by atoms with E-state index in [1.807, 2.05) is 0 Å². The first kappa shape index (κ1) is 7.79. The van der Waals surface area contributed by atoms with Crippen LogP contribution in [0, 0.1) is 10.2 Å². The molecule has 1 unspecified atom stereocenters. The summed E-state index contributed by atoms with van der Waals surface area (Å²) in [7, 11) is 0. The van der Waals surface area contributed by atoms with Gasteiger partial charge in [0.1, 0.15) is 0 Å². The number of hydrogen-bond donors (Lipinski definition) is 2. The van der Waals surface area contributed by atoms with Gasteiger partial charge in [-0.2, -0.15) is 5.10 Å². The molecule has 0 bridgehead atoms. The van der Waals surface area contributed by atoms with E-state index in [-0.39, 0.29) is 0 Å². The molecule has 0 aliphatic heterocycles. The molecule has 5 heteroatoms. The second-order valence-corrected chi connectivity index (χ2v) is 4.39. The third kappa shape index (κ3) is 0.964. The van der Waals surface area contributed by atoms with E-state index < -0.39 is 0 Å². The van der Waals surface area contributed by atoms with Gasteiger partial charge in [-0.3, -0.25) is 5.10 Å². The minimum atomic E-state index is 0.345. The van der Waals surface area contributed by atoms with Gasteiger partial charge >= 0.3 is 0 Å². The van der Waals surface area contributed by atoms with Crippen molar-refractivity contribution in [3.05, 3.63) is 10.6 Å². The average Bonchev–Trinajstić information content (AvgIpc) is 2.47. The number of nitrogens with two attached hydrogens (primary N) is 1. The first-order chi connectivity index (χ1) is 5.52. The van der Waals surface area contributed by atoms with Crippen molar-refractivity contribution in [3.63, 3.8) is 0 Å². The van der Waals surface area contributed by atoms with E-state index in [4.69, 9.17) is 18.1 Å². The molecule has 1 atom stereocenters. The van der Waals surface area contributed by atoms with Crippen LogP contribution in [0.4, 0.5) is 0 Å². The van der Waals surface area contributed by atoms with E-state index in [1.165, 1.54) is 4.68 Å². The molecule has 1 fully saturated rings. The summed E-state index contributed by atoms with van der Waals surface area (Å²) in [5.74, 6) is 7.03. The largest absolute Gasteiger partial charge is 0.335 e. The minimum Gasteiger partial charge on any atom is -0.335 e. The van der Waals surface area contributed by atoms with Gasteiger partial charge in [0.25, 0.3) is 0 Å². The van der Waals surface area contributed by atoms with Crippen molar-refractivity contribution in [2.24, 2.45) is 5.41 Å². The highest BCUT2D eigenvalue weighted by Gasteiger charge is 2.49. The summed E-state index contributed by atoms with van der Waals surface area (Å²) in [6, 6.07) is 0. The van der Waals surface area contributed by atoms with E-state index in [0.717, 1.165) is 12.2 Å². The highest BCUT2D eigenvalue weighted by atomic mass is 32.1. The maximum Gasteiger partial charge on any atom is 0.214 e. The predicted octanol–water partition coefficient (Wildman–Crippen LogP) is 1.17. The van der Waals surface area contributed by atoms with Crippen molar-refractivity contribution in [1.82, 2.24) is 14.9 Å². The summed E-state index contributed by atoms with van der Waals surface area (Å²) in [6.45, 7) is 4.41. The lowest BCUT2D eigenvalue weighted by Gasteiger charge is -2.01. The van der Waals surface area contributed by atoms with Gasteiger partial charge in [-0.15, -0.1) is 0 Å². The molecule has 0 radical (unpaired) electrons. The van der Waals surface area contributed by atoms with Gasteiger partial charge in [-0.25, -0.2) is 4.68 Å². The van der Waals surface area contributed by atoms with Gasteiger partial charge in [0.15, 0.2) is 5.82 Å². The zero-order valence-corrected chi connectivity index (χ0v) is 7.98. The standard InChI is InChI=1S/C7H12N4S/c1-7(2)3-4(7)5-9-10-6(12)11(5)8/h4H,3,8H2,1-2H3,(H,10,12). The SMILES string of the molecule is CC1(C)CC1c1n[nH]c(=S)n1N. The number of nitrogens with zero attached hydrogens (tertiary/aromatic N) is 2. The zero-order valence-electron chi connectivity index (χ0n) is 7.16. The van der Waals surface area contributed by atoms with Crippen LogP contribution in [0.2, 0.25) is 0 Å². The molecule has 2 rings (SSSR count). The molecule has 1 aromatic rings. The summed E-state index contributed by atoms with van der Waals surface area (Å²) < 4.78 is 1.96. The molecular formula is C7H12N4S. The van der Waals surface area contributed by atoms with Crippen LogP contribution in [-0.2, 0) is 0 Å². The van der Waals surface area contributed by atoms with Gasteiger partial charge in [-0.05, 0) is 24.1 Å². The lowest BCUT2D eigenvalue weighted by molar-refractivity contribution is 0.600.